The smallest absolute Gasteiger partial charge is 0.222 e. The van der Waals surface area contributed by atoms with E-state index in [2.05, 4.69) is 0 Å². The van der Waals surface area contributed by atoms with Crippen LogP contribution >= 0.6 is 0 Å². The van der Waals surface area contributed by atoms with Crippen LogP contribution in [0, 0.1) is 6.92 Å². The van der Waals surface area contributed by atoms with Gasteiger partial charge < -0.3 is 14.7 Å². The van der Waals surface area contributed by atoms with Crippen LogP contribution in [-0.2, 0) is 4.79 Å². The molecule has 1 heterocycles. The van der Waals surface area contributed by atoms with Gasteiger partial charge >= 0.3 is 0 Å². The normalized spacial score (nSPS) is 17.6. The maximum Gasteiger partial charge on any atom is 0.222 e. The summed E-state index contributed by atoms with van der Waals surface area (Å²) in [4.78, 5) is 13.9. The molecule has 2 rings (SSSR count). The van der Waals surface area contributed by atoms with Crippen molar-refractivity contribution in [3.05, 3.63) is 29.8 Å². The Hall–Kier alpha value is -1.55. The molecule has 21 heavy (non-hydrogen) atoms. The van der Waals surface area contributed by atoms with Gasteiger partial charge in [-0.2, -0.15) is 0 Å². The summed E-state index contributed by atoms with van der Waals surface area (Å²) in [5.41, 5.74) is 0.564. The second kappa shape index (κ2) is 6.94. The molecule has 1 aromatic carbocycles. The maximum absolute atomic E-state index is 12.1. The molecule has 4 nitrogen and oxygen atoms in total. The number of piperidine rings is 1. The Bertz CT molecular complexity index is 475. The number of carbonyl (C=O) groups excluding carboxylic acids is 1. The zero-order valence-electron chi connectivity index (χ0n) is 13.0. The van der Waals surface area contributed by atoms with E-state index in [-0.39, 0.29) is 5.91 Å². The Kier molecular flexibility index (Phi) is 5.23. The molecule has 1 N–H and O–H groups in total. The molecule has 0 aliphatic carbocycles. The second-order valence-electron chi connectivity index (χ2n) is 6.15. The predicted octanol–water partition coefficient (Wildman–Crippen LogP) is 2.53. The number of ether oxygens (including phenoxy) is 1. The van der Waals surface area contributed by atoms with Crippen molar-refractivity contribution in [3.8, 4) is 5.75 Å². The van der Waals surface area contributed by atoms with Gasteiger partial charge in [0, 0.05) is 19.5 Å². The Morgan fingerprint density at radius 1 is 1.38 bits per heavy atom. The fourth-order valence-corrected chi connectivity index (χ4v) is 2.51. The Morgan fingerprint density at radius 3 is 2.76 bits per heavy atom. The molecule has 1 saturated heterocycles. The first-order chi connectivity index (χ1) is 9.96. The molecule has 0 radical (unpaired) electrons. The molecule has 1 amide bonds. The molecule has 0 saturated carbocycles. The van der Waals surface area contributed by atoms with Gasteiger partial charge in [-0.15, -0.1) is 0 Å². The van der Waals surface area contributed by atoms with Gasteiger partial charge in [-0.25, -0.2) is 0 Å². The van der Waals surface area contributed by atoms with E-state index in [4.69, 9.17) is 4.74 Å². The summed E-state index contributed by atoms with van der Waals surface area (Å²) in [6.07, 6.45) is 2.56. The monoisotopic (exact) mass is 291 g/mol. The molecule has 0 bridgehead atoms. The number of nitrogens with zero attached hydrogens (tertiary/aromatic N) is 1. The fraction of sp³-hybridized carbons (Fsp3) is 0.588. The average molecular weight is 291 g/mol. The Balaban J connectivity index is 1.66. The number of aryl methyl sites for hydroxylation is 1. The summed E-state index contributed by atoms with van der Waals surface area (Å²) in [6.45, 7) is 5.74. The molecule has 0 atom stereocenters. The number of hydrogen-bond donors (Lipinski definition) is 1. The van der Waals surface area contributed by atoms with Crippen LogP contribution in [0.1, 0.15) is 38.2 Å². The van der Waals surface area contributed by atoms with Crippen molar-refractivity contribution in [1.29, 1.82) is 0 Å². The number of benzene rings is 1. The standard InChI is InChI=1S/C17H25NO3/c1-14-5-3-6-15(13-14)21-12-4-7-16(19)18-10-8-17(2,20)9-11-18/h3,5-6,13,20H,4,7-12H2,1-2H3. The second-order valence-corrected chi connectivity index (χ2v) is 6.15. The molecule has 1 aliphatic heterocycles. The molecule has 0 aromatic heterocycles. The zero-order valence-corrected chi connectivity index (χ0v) is 13.0. The summed E-state index contributed by atoms with van der Waals surface area (Å²) >= 11 is 0. The van der Waals surface area contributed by atoms with Gasteiger partial charge in [0.15, 0.2) is 0 Å². The molecule has 1 aromatic rings. The highest BCUT2D eigenvalue weighted by Gasteiger charge is 2.29. The summed E-state index contributed by atoms with van der Waals surface area (Å²) in [6, 6.07) is 7.92. The average Bonchev–Trinajstić information content (AvgIpc) is 2.43. The summed E-state index contributed by atoms with van der Waals surface area (Å²) in [5.74, 6) is 1.02. The minimum atomic E-state index is -0.606. The lowest BCUT2D eigenvalue weighted by atomic mass is 9.93. The van der Waals surface area contributed by atoms with E-state index in [1.54, 1.807) is 0 Å². The number of likely N-dealkylation sites (tertiary alicyclic amines) is 1. The first-order valence-corrected chi connectivity index (χ1v) is 7.66. The van der Waals surface area contributed by atoms with Crippen molar-refractivity contribution in [2.75, 3.05) is 19.7 Å². The van der Waals surface area contributed by atoms with Gasteiger partial charge in [0.2, 0.25) is 5.91 Å². The van der Waals surface area contributed by atoms with Crippen LogP contribution in [0.4, 0.5) is 0 Å². The van der Waals surface area contributed by atoms with Gasteiger partial charge in [-0.1, -0.05) is 12.1 Å². The molecule has 1 aliphatic rings. The van der Waals surface area contributed by atoms with Gasteiger partial charge in [-0.05, 0) is 50.8 Å². The Morgan fingerprint density at radius 2 is 2.10 bits per heavy atom. The number of amides is 1. The van der Waals surface area contributed by atoms with Crippen LogP contribution in [0.5, 0.6) is 5.75 Å². The summed E-state index contributed by atoms with van der Waals surface area (Å²) < 4.78 is 5.65. The van der Waals surface area contributed by atoms with Crippen molar-refractivity contribution in [1.82, 2.24) is 4.90 Å². The first kappa shape index (κ1) is 15.8. The minimum absolute atomic E-state index is 0.165. The topological polar surface area (TPSA) is 49.8 Å². The maximum atomic E-state index is 12.1. The van der Waals surface area contributed by atoms with Crippen molar-refractivity contribution in [2.45, 2.75) is 45.1 Å². The van der Waals surface area contributed by atoms with Crippen molar-refractivity contribution < 1.29 is 14.6 Å². The number of rotatable bonds is 5. The van der Waals surface area contributed by atoms with E-state index < -0.39 is 5.60 Å². The van der Waals surface area contributed by atoms with Crippen LogP contribution in [0.3, 0.4) is 0 Å². The number of aliphatic hydroxyl groups is 1. The fourth-order valence-electron chi connectivity index (χ4n) is 2.51. The van der Waals surface area contributed by atoms with Crippen molar-refractivity contribution in [3.63, 3.8) is 0 Å². The van der Waals surface area contributed by atoms with Crippen molar-refractivity contribution >= 4 is 5.91 Å². The lowest BCUT2D eigenvalue weighted by Crippen LogP contribution is -2.45. The summed E-state index contributed by atoms with van der Waals surface area (Å²) in [5, 5.41) is 9.88. The lowest BCUT2D eigenvalue weighted by Gasteiger charge is -2.35. The lowest BCUT2D eigenvalue weighted by molar-refractivity contribution is -0.135. The molecular weight excluding hydrogens is 266 g/mol. The van der Waals surface area contributed by atoms with Crippen LogP contribution in [0.15, 0.2) is 24.3 Å². The third kappa shape index (κ3) is 5.05. The first-order valence-electron chi connectivity index (χ1n) is 7.66. The van der Waals surface area contributed by atoms with Gasteiger partial charge in [0.25, 0.3) is 0 Å². The molecule has 1 fully saturated rings. The van der Waals surface area contributed by atoms with E-state index in [9.17, 15) is 9.90 Å². The molecular formula is C17H25NO3. The highest BCUT2D eigenvalue weighted by Crippen LogP contribution is 2.21. The zero-order chi connectivity index (χ0) is 15.3. The van der Waals surface area contributed by atoms with E-state index in [1.165, 1.54) is 5.56 Å². The number of carbonyl (C=O) groups is 1. The van der Waals surface area contributed by atoms with Crippen LogP contribution in [0.2, 0.25) is 0 Å². The van der Waals surface area contributed by atoms with Gasteiger partial charge in [0.1, 0.15) is 5.75 Å². The van der Waals surface area contributed by atoms with E-state index >= 15 is 0 Å². The number of hydrogen-bond acceptors (Lipinski definition) is 3. The van der Waals surface area contributed by atoms with E-state index in [0.717, 1.165) is 12.2 Å². The van der Waals surface area contributed by atoms with E-state index in [0.29, 0.717) is 39.0 Å². The molecule has 116 valence electrons. The Labute approximate surface area is 126 Å². The predicted molar refractivity (Wildman–Crippen MR) is 82.3 cm³/mol. The third-order valence-corrected chi connectivity index (χ3v) is 3.99. The van der Waals surface area contributed by atoms with Crippen LogP contribution in [0.25, 0.3) is 0 Å². The molecule has 0 spiro atoms. The highest BCUT2D eigenvalue weighted by molar-refractivity contribution is 5.76. The van der Waals surface area contributed by atoms with Crippen molar-refractivity contribution in [2.24, 2.45) is 0 Å². The SMILES string of the molecule is Cc1cccc(OCCCC(=O)N2CCC(C)(O)CC2)c1. The quantitative estimate of drug-likeness (QED) is 0.848. The minimum Gasteiger partial charge on any atom is -0.494 e. The highest BCUT2D eigenvalue weighted by atomic mass is 16.5. The molecule has 0 unspecified atom stereocenters. The van der Waals surface area contributed by atoms with Crippen LogP contribution in [-0.4, -0.2) is 41.2 Å². The largest absolute Gasteiger partial charge is 0.494 e. The summed E-state index contributed by atoms with van der Waals surface area (Å²) in [7, 11) is 0. The van der Waals surface area contributed by atoms with Gasteiger partial charge in [-0.3, -0.25) is 4.79 Å². The van der Waals surface area contributed by atoms with Gasteiger partial charge in [0.05, 0.1) is 12.2 Å². The van der Waals surface area contributed by atoms with Crippen LogP contribution < -0.4 is 4.74 Å². The molecule has 4 heteroatoms. The third-order valence-electron chi connectivity index (χ3n) is 3.99. The van der Waals surface area contributed by atoms with E-state index in [1.807, 2.05) is 43.0 Å².